The van der Waals surface area contributed by atoms with Gasteiger partial charge in [-0.3, -0.25) is 0 Å². The summed E-state index contributed by atoms with van der Waals surface area (Å²) in [6.45, 7) is 0.826. The molecule has 1 aliphatic carbocycles. The minimum absolute atomic E-state index is 0.631. The predicted molar refractivity (Wildman–Crippen MR) is 79.7 cm³/mol. The molecule has 1 aliphatic rings. The maximum atomic E-state index is 4.38. The quantitative estimate of drug-likeness (QED) is 0.804. The number of aromatic nitrogens is 2. The zero-order valence-corrected chi connectivity index (χ0v) is 11.9. The maximum absolute atomic E-state index is 4.38. The SMILES string of the molecule is CN(c1cc(NCCS)ncn1)C1CCCCC1. The molecule has 0 radical (unpaired) electrons. The number of nitrogens with zero attached hydrogens (tertiary/aromatic N) is 3. The third-order valence-corrected chi connectivity index (χ3v) is 3.78. The van der Waals surface area contributed by atoms with Gasteiger partial charge >= 0.3 is 0 Å². The third-order valence-electron chi connectivity index (χ3n) is 3.55. The highest BCUT2D eigenvalue weighted by Gasteiger charge is 2.19. The molecule has 0 bridgehead atoms. The second kappa shape index (κ2) is 6.83. The van der Waals surface area contributed by atoms with Gasteiger partial charge in [0.1, 0.15) is 18.0 Å². The molecule has 100 valence electrons. The molecule has 0 amide bonds. The van der Waals surface area contributed by atoms with E-state index in [4.69, 9.17) is 0 Å². The fourth-order valence-corrected chi connectivity index (χ4v) is 2.59. The average molecular weight is 266 g/mol. The molecular formula is C13H22N4S. The largest absolute Gasteiger partial charge is 0.369 e. The molecule has 0 atom stereocenters. The van der Waals surface area contributed by atoms with Crippen LogP contribution in [0.5, 0.6) is 0 Å². The normalized spacial score (nSPS) is 16.6. The first-order chi connectivity index (χ1) is 8.81. The van der Waals surface area contributed by atoms with Crippen LogP contribution in [0.25, 0.3) is 0 Å². The van der Waals surface area contributed by atoms with Crippen molar-refractivity contribution in [3.63, 3.8) is 0 Å². The molecule has 2 rings (SSSR count). The fraction of sp³-hybridized carbons (Fsp3) is 0.692. The summed E-state index contributed by atoms with van der Waals surface area (Å²) in [5.74, 6) is 2.70. The number of nitrogens with one attached hydrogen (secondary N) is 1. The van der Waals surface area contributed by atoms with Crippen LogP contribution < -0.4 is 10.2 Å². The minimum atomic E-state index is 0.631. The summed E-state index contributed by atoms with van der Waals surface area (Å²) < 4.78 is 0. The van der Waals surface area contributed by atoms with Crippen molar-refractivity contribution >= 4 is 24.3 Å². The van der Waals surface area contributed by atoms with Crippen LogP contribution in [0.3, 0.4) is 0 Å². The van der Waals surface area contributed by atoms with Crippen LogP contribution in [0.4, 0.5) is 11.6 Å². The second-order valence-corrected chi connectivity index (χ2v) is 5.26. The van der Waals surface area contributed by atoms with Gasteiger partial charge < -0.3 is 10.2 Å². The van der Waals surface area contributed by atoms with Gasteiger partial charge in [0.15, 0.2) is 0 Å². The molecule has 0 aromatic carbocycles. The van der Waals surface area contributed by atoms with Gasteiger partial charge in [-0.1, -0.05) is 19.3 Å². The highest BCUT2D eigenvalue weighted by atomic mass is 32.1. The lowest BCUT2D eigenvalue weighted by atomic mass is 9.94. The fourth-order valence-electron chi connectivity index (χ4n) is 2.48. The van der Waals surface area contributed by atoms with Crippen molar-refractivity contribution < 1.29 is 0 Å². The topological polar surface area (TPSA) is 41.0 Å². The van der Waals surface area contributed by atoms with Crippen molar-refractivity contribution in [2.75, 3.05) is 29.6 Å². The lowest BCUT2D eigenvalue weighted by Gasteiger charge is -2.32. The molecule has 1 heterocycles. The van der Waals surface area contributed by atoms with Crippen LogP contribution in [-0.4, -0.2) is 35.4 Å². The standard InChI is InChI=1S/C13H22N4S/c1-17(11-5-3-2-4-6-11)13-9-12(14-7-8-18)15-10-16-13/h9-11,18H,2-8H2,1H3,(H,14,15,16). The number of hydrogen-bond donors (Lipinski definition) is 2. The molecule has 1 fully saturated rings. The molecule has 1 aromatic rings. The van der Waals surface area contributed by atoms with E-state index >= 15 is 0 Å². The molecule has 1 saturated carbocycles. The third kappa shape index (κ3) is 3.51. The summed E-state index contributed by atoms with van der Waals surface area (Å²) in [6.07, 6.45) is 8.24. The highest BCUT2D eigenvalue weighted by molar-refractivity contribution is 7.80. The van der Waals surface area contributed by atoms with Gasteiger partial charge in [0.25, 0.3) is 0 Å². The van der Waals surface area contributed by atoms with Crippen molar-refractivity contribution in [2.45, 2.75) is 38.1 Å². The van der Waals surface area contributed by atoms with Crippen molar-refractivity contribution in [2.24, 2.45) is 0 Å². The zero-order valence-electron chi connectivity index (χ0n) is 11.0. The smallest absolute Gasteiger partial charge is 0.134 e. The molecule has 18 heavy (non-hydrogen) atoms. The molecule has 0 saturated heterocycles. The van der Waals surface area contributed by atoms with Crippen molar-refractivity contribution in [1.29, 1.82) is 0 Å². The van der Waals surface area contributed by atoms with E-state index in [2.05, 4.69) is 39.9 Å². The minimum Gasteiger partial charge on any atom is -0.369 e. The maximum Gasteiger partial charge on any atom is 0.134 e. The van der Waals surface area contributed by atoms with Crippen LogP contribution >= 0.6 is 12.6 Å². The van der Waals surface area contributed by atoms with Crippen LogP contribution in [0.15, 0.2) is 12.4 Å². The molecule has 0 spiro atoms. The molecular weight excluding hydrogens is 244 g/mol. The molecule has 5 heteroatoms. The Kier molecular flexibility index (Phi) is 5.11. The first-order valence-electron chi connectivity index (χ1n) is 6.71. The molecule has 4 nitrogen and oxygen atoms in total. The van der Waals surface area contributed by atoms with Gasteiger partial charge in [-0.25, -0.2) is 9.97 Å². The van der Waals surface area contributed by atoms with Gasteiger partial charge in [0.05, 0.1) is 0 Å². The van der Waals surface area contributed by atoms with E-state index < -0.39 is 0 Å². The Labute approximate surface area is 115 Å². The number of hydrogen-bond acceptors (Lipinski definition) is 5. The Balaban J connectivity index is 2.02. The van der Waals surface area contributed by atoms with E-state index in [0.717, 1.165) is 23.9 Å². The monoisotopic (exact) mass is 266 g/mol. The Morgan fingerprint density at radius 2 is 2.11 bits per heavy atom. The molecule has 0 unspecified atom stereocenters. The summed E-state index contributed by atoms with van der Waals surface area (Å²) >= 11 is 4.18. The molecule has 0 aliphatic heterocycles. The van der Waals surface area contributed by atoms with Gasteiger partial charge in [0.2, 0.25) is 0 Å². The Morgan fingerprint density at radius 1 is 1.33 bits per heavy atom. The van der Waals surface area contributed by atoms with Crippen LogP contribution in [0, 0.1) is 0 Å². The number of rotatable bonds is 5. The summed E-state index contributed by atoms with van der Waals surface area (Å²) in [6, 6.07) is 2.66. The van der Waals surface area contributed by atoms with E-state index in [1.807, 2.05) is 6.07 Å². The van der Waals surface area contributed by atoms with E-state index in [1.54, 1.807) is 6.33 Å². The van der Waals surface area contributed by atoms with Gasteiger partial charge in [-0.2, -0.15) is 12.6 Å². The van der Waals surface area contributed by atoms with E-state index in [9.17, 15) is 0 Å². The van der Waals surface area contributed by atoms with Gasteiger partial charge in [-0.05, 0) is 12.8 Å². The summed E-state index contributed by atoms with van der Waals surface area (Å²) in [7, 11) is 2.14. The number of anilines is 2. The number of thiol groups is 1. The Morgan fingerprint density at radius 3 is 2.83 bits per heavy atom. The summed E-state index contributed by atoms with van der Waals surface area (Å²) in [4.78, 5) is 10.9. The van der Waals surface area contributed by atoms with Gasteiger partial charge in [0, 0.05) is 31.5 Å². The highest BCUT2D eigenvalue weighted by Crippen LogP contribution is 2.25. The van der Waals surface area contributed by atoms with Crippen LogP contribution in [-0.2, 0) is 0 Å². The van der Waals surface area contributed by atoms with Gasteiger partial charge in [-0.15, -0.1) is 0 Å². The molecule has 1 N–H and O–H groups in total. The first-order valence-corrected chi connectivity index (χ1v) is 7.34. The van der Waals surface area contributed by atoms with Crippen molar-refractivity contribution in [1.82, 2.24) is 9.97 Å². The van der Waals surface area contributed by atoms with Crippen molar-refractivity contribution in [3.8, 4) is 0 Å². The lowest BCUT2D eigenvalue weighted by Crippen LogP contribution is -2.34. The zero-order chi connectivity index (χ0) is 12.8. The Hall–Kier alpha value is -0.970. The van der Waals surface area contributed by atoms with Crippen LogP contribution in [0.1, 0.15) is 32.1 Å². The van der Waals surface area contributed by atoms with E-state index in [0.29, 0.717) is 6.04 Å². The Bertz CT molecular complexity index is 366. The van der Waals surface area contributed by atoms with Crippen molar-refractivity contribution in [3.05, 3.63) is 12.4 Å². The first kappa shape index (κ1) is 13.5. The summed E-state index contributed by atoms with van der Waals surface area (Å²) in [5.41, 5.74) is 0. The van der Waals surface area contributed by atoms with Crippen LogP contribution in [0.2, 0.25) is 0 Å². The second-order valence-electron chi connectivity index (χ2n) is 4.81. The predicted octanol–water partition coefficient (Wildman–Crippen LogP) is 2.59. The molecule has 1 aromatic heterocycles. The van der Waals surface area contributed by atoms with E-state index in [-0.39, 0.29) is 0 Å². The lowest BCUT2D eigenvalue weighted by molar-refractivity contribution is 0.426. The summed E-state index contributed by atoms with van der Waals surface area (Å²) in [5, 5.41) is 3.24. The average Bonchev–Trinajstić information content (AvgIpc) is 2.45. The van der Waals surface area contributed by atoms with E-state index in [1.165, 1.54) is 32.1 Å².